The van der Waals surface area contributed by atoms with Crippen LogP contribution in [0, 0.1) is 6.92 Å². The van der Waals surface area contributed by atoms with Crippen molar-refractivity contribution in [2.45, 2.75) is 27.7 Å². The van der Waals surface area contributed by atoms with Gasteiger partial charge in [0, 0.05) is 0 Å². The maximum atomic E-state index is 11.3. The second-order valence-corrected chi connectivity index (χ2v) is 5.02. The average molecular weight is 274 g/mol. The lowest BCUT2D eigenvalue weighted by Gasteiger charge is -2.14. The Labute approximate surface area is 110 Å². The smallest absolute Gasteiger partial charge is 0.287 e. The Bertz CT molecular complexity index is 316. The zero-order valence-electron chi connectivity index (χ0n) is 11.6. The molecule has 0 spiro atoms. The number of hydrogen-bond donors (Lipinski definition) is 0. The minimum atomic E-state index is -3.22. The largest absolute Gasteiger partial charge is 0.474 e. The van der Waals surface area contributed by atoms with Gasteiger partial charge in [0.25, 0.3) is 0 Å². The quantitative estimate of drug-likeness (QED) is 0.729. The minimum Gasteiger partial charge on any atom is -0.287 e. The van der Waals surface area contributed by atoms with E-state index in [2.05, 4.69) is 19.1 Å². The van der Waals surface area contributed by atoms with Crippen molar-refractivity contribution in [1.82, 2.24) is 0 Å². The first-order chi connectivity index (χ1) is 8.58. The Morgan fingerprint density at radius 2 is 1.28 bits per heavy atom. The van der Waals surface area contributed by atoms with Crippen molar-refractivity contribution in [1.29, 1.82) is 0 Å². The van der Waals surface area contributed by atoms with Crippen LogP contribution in [-0.4, -0.2) is 19.8 Å². The molecular formula is C13H23O4P. The molecule has 0 amide bonds. The second kappa shape index (κ2) is 10.3. The molecule has 0 heterocycles. The average Bonchev–Trinajstić information content (AvgIpc) is 2.31. The lowest BCUT2D eigenvalue weighted by molar-refractivity contribution is 0.126. The van der Waals surface area contributed by atoms with Crippen molar-refractivity contribution in [3.8, 4) is 0 Å². The lowest BCUT2D eigenvalue weighted by Crippen LogP contribution is -1.99. The number of aryl methyl sites for hydroxylation is 1. The highest BCUT2D eigenvalue weighted by atomic mass is 31.2. The number of rotatable bonds is 6. The van der Waals surface area contributed by atoms with Crippen LogP contribution in [0.4, 0.5) is 0 Å². The molecule has 0 radical (unpaired) electrons. The molecule has 0 saturated heterocycles. The summed E-state index contributed by atoms with van der Waals surface area (Å²) in [6, 6.07) is 10.3. The van der Waals surface area contributed by atoms with Crippen LogP contribution in [0.1, 0.15) is 26.3 Å². The van der Waals surface area contributed by atoms with Crippen molar-refractivity contribution < 1.29 is 18.1 Å². The van der Waals surface area contributed by atoms with Crippen molar-refractivity contribution >= 4 is 7.82 Å². The van der Waals surface area contributed by atoms with Crippen molar-refractivity contribution in [2.75, 3.05) is 19.8 Å². The minimum absolute atomic E-state index is 0.331. The van der Waals surface area contributed by atoms with Gasteiger partial charge in [-0.25, -0.2) is 4.57 Å². The molecule has 0 N–H and O–H groups in total. The third-order valence-electron chi connectivity index (χ3n) is 1.80. The van der Waals surface area contributed by atoms with Crippen LogP contribution in [0.5, 0.6) is 0 Å². The molecule has 1 aromatic carbocycles. The molecule has 1 rings (SSSR count). The summed E-state index contributed by atoms with van der Waals surface area (Å²) < 4.78 is 25.8. The number of phosphoric ester groups is 1. The van der Waals surface area contributed by atoms with Crippen LogP contribution in [0.25, 0.3) is 0 Å². The SMILES string of the molecule is CCOP(=O)(OCC)OCC.Cc1ccccc1. The fourth-order valence-electron chi connectivity index (χ4n) is 1.12. The van der Waals surface area contributed by atoms with Gasteiger partial charge in [0.05, 0.1) is 19.8 Å². The van der Waals surface area contributed by atoms with E-state index < -0.39 is 7.82 Å². The molecule has 0 atom stereocenters. The molecule has 0 saturated carbocycles. The molecule has 0 aromatic heterocycles. The molecular weight excluding hydrogens is 251 g/mol. The van der Waals surface area contributed by atoms with E-state index >= 15 is 0 Å². The molecule has 104 valence electrons. The summed E-state index contributed by atoms with van der Waals surface area (Å²) in [7, 11) is -3.22. The normalized spacial score (nSPS) is 10.7. The van der Waals surface area contributed by atoms with Gasteiger partial charge >= 0.3 is 7.82 Å². The van der Waals surface area contributed by atoms with Crippen LogP contribution in [0.2, 0.25) is 0 Å². The summed E-state index contributed by atoms with van der Waals surface area (Å²) in [6.45, 7) is 8.30. The van der Waals surface area contributed by atoms with Gasteiger partial charge in [-0.2, -0.15) is 0 Å². The topological polar surface area (TPSA) is 44.8 Å². The summed E-state index contributed by atoms with van der Waals surface area (Å²) in [4.78, 5) is 0. The Morgan fingerprint density at radius 1 is 0.889 bits per heavy atom. The molecule has 5 heteroatoms. The molecule has 0 aliphatic heterocycles. The highest BCUT2D eigenvalue weighted by Gasteiger charge is 2.23. The zero-order chi connectivity index (χ0) is 13.9. The third-order valence-corrected chi connectivity index (χ3v) is 3.53. The van der Waals surface area contributed by atoms with E-state index in [1.807, 2.05) is 18.2 Å². The van der Waals surface area contributed by atoms with Crippen LogP contribution in [0.3, 0.4) is 0 Å². The standard InChI is InChI=1S/C7H8.C6H15O4P/c1-7-5-3-2-4-6-7;1-4-8-11(7,9-5-2)10-6-3/h2-6H,1H3;4-6H2,1-3H3. The maximum Gasteiger partial charge on any atom is 0.474 e. The molecule has 4 nitrogen and oxygen atoms in total. The predicted molar refractivity (Wildman–Crippen MR) is 73.7 cm³/mol. The van der Waals surface area contributed by atoms with Gasteiger partial charge in [-0.3, -0.25) is 13.6 Å². The first-order valence-corrected chi connectivity index (χ1v) is 7.59. The number of hydrogen-bond acceptors (Lipinski definition) is 4. The number of phosphoric acid groups is 1. The molecule has 1 aromatic rings. The van der Waals surface area contributed by atoms with Gasteiger partial charge < -0.3 is 0 Å². The fraction of sp³-hybridized carbons (Fsp3) is 0.538. The van der Waals surface area contributed by atoms with Crippen molar-refractivity contribution in [3.05, 3.63) is 35.9 Å². The van der Waals surface area contributed by atoms with E-state index in [0.717, 1.165) is 0 Å². The summed E-state index contributed by atoms with van der Waals surface area (Å²) in [5.74, 6) is 0. The Morgan fingerprint density at radius 3 is 1.50 bits per heavy atom. The predicted octanol–water partition coefficient (Wildman–Crippen LogP) is 4.20. The Balaban J connectivity index is 0.000000351. The number of benzene rings is 1. The van der Waals surface area contributed by atoms with Gasteiger partial charge in [0.15, 0.2) is 0 Å². The molecule has 0 bridgehead atoms. The monoisotopic (exact) mass is 274 g/mol. The fourth-order valence-corrected chi connectivity index (χ4v) is 2.29. The first-order valence-electron chi connectivity index (χ1n) is 6.13. The molecule has 18 heavy (non-hydrogen) atoms. The van der Waals surface area contributed by atoms with Crippen LogP contribution < -0.4 is 0 Å². The first kappa shape index (κ1) is 17.3. The van der Waals surface area contributed by atoms with Crippen LogP contribution in [0.15, 0.2) is 30.3 Å². The third kappa shape index (κ3) is 8.43. The summed E-state index contributed by atoms with van der Waals surface area (Å²) in [5.41, 5.74) is 1.32. The highest BCUT2D eigenvalue weighted by Crippen LogP contribution is 2.48. The van der Waals surface area contributed by atoms with Crippen molar-refractivity contribution in [3.63, 3.8) is 0 Å². The van der Waals surface area contributed by atoms with E-state index in [4.69, 9.17) is 13.6 Å². The van der Waals surface area contributed by atoms with E-state index in [1.54, 1.807) is 20.8 Å². The lowest BCUT2D eigenvalue weighted by atomic mass is 10.2. The van der Waals surface area contributed by atoms with Gasteiger partial charge in [0.2, 0.25) is 0 Å². The van der Waals surface area contributed by atoms with E-state index in [1.165, 1.54) is 5.56 Å². The molecule has 0 unspecified atom stereocenters. The highest BCUT2D eigenvalue weighted by molar-refractivity contribution is 7.48. The van der Waals surface area contributed by atoms with Gasteiger partial charge in [-0.1, -0.05) is 35.9 Å². The van der Waals surface area contributed by atoms with Gasteiger partial charge in [-0.05, 0) is 27.7 Å². The maximum absolute atomic E-state index is 11.3. The van der Waals surface area contributed by atoms with Gasteiger partial charge in [0.1, 0.15) is 0 Å². The Hall–Kier alpha value is -0.670. The zero-order valence-corrected chi connectivity index (χ0v) is 12.5. The van der Waals surface area contributed by atoms with Crippen LogP contribution >= 0.6 is 7.82 Å². The Kier molecular flexibility index (Phi) is 9.89. The summed E-state index contributed by atoms with van der Waals surface area (Å²) in [6.07, 6.45) is 0. The molecule has 0 aliphatic rings. The van der Waals surface area contributed by atoms with E-state index in [0.29, 0.717) is 19.8 Å². The van der Waals surface area contributed by atoms with Crippen LogP contribution in [-0.2, 0) is 18.1 Å². The van der Waals surface area contributed by atoms with Gasteiger partial charge in [-0.15, -0.1) is 0 Å². The molecule has 0 fully saturated rings. The van der Waals surface area contributed by atoms with E-state index in [-0.39, 0.29) is 0 Å². The van der Waals surface area contributed by atoms with Crippen molar-refractivity contribution in [2.24, 2.45) is 0 Å². The summed E-state index contributed by atoms with van der Waals surface area (Å²) in [5, 5.41) is 0. The summed E-state index contributed by atoms with van der Waals surface area (Å²) >= 11 is 0. The molecule has 0 aliphatic carbocycles. The second-order valence-electron chi connectivity index (χ2n) is 3.36. The van der Waals surface area contributed by atoms with E-state index in [9.17, 15) is 4.57 Å².